The van der Waals surface area contributed by atoms with E-state index < -0.39 is 0 Å². The summed E-state index contributed by atoms with van der Waals surface area (Å²) in [7, 11) is 0. The van der Waals surface area contributed by atoms with Gasteiger partial charge in [0.05, 0.1) is 0 Å². The van der Waals surface area contributed by atoms with Crippen molar-refractivity contribution < 1.29 is 9.90 Å². The molecule has 1 aliphatic rings. The largest absolute Gasteiger partial charge is 0.396 e. The van der Waals surface area contributed by atoms with Gasteiger partial charge in [-0.1, -0.05) is 12.8 Å². The van der Waals surface area contributed by atoms with Crippen LogP contribution in [0.3, 0.4) is 0 Å². The standard InChI is InChI=1S/C11H19NO2/c13-8-4-2-1-3-7-12-10-5-6-11(14)9-10/h9,12-13H,1-8H2. The average molecular weight is 197 g/mol. The lowest BCUT2D eigenvalue weighted by molar-refractivity contribution is -0.114. The number of aliphatic hydroxyl groups is 1. The molecule has 0 amide bonds. The highest BCUT2D eigenvalue weighted by atomic mass is 16.2. The van der Waals surface area contributed by atoms with Gasteiger partial charge >= 0.3 is 0 Å². The van der Waals surface area contributed by atoms with Gasteiger partial charge in [-0.05, 0) is 19.3 Å². The van der Waals surface area contributed by atoms with Gasteiger partial charge in [-0.3, -0.25) is 4.79 Å². The Bertz CT molecular complexity index is 211. The molecule has 3 nitrogen and oxygen atoms in total. The van der Waals surface area contributed by atoms with E-state index in [0.29, 0.717) is 13.0 Å². The van der Waals surface area contributed by atoms with Crippen LogP contribution in [0.25, 0.3) is 0 Å². The van der Waals surface area contributed by atoms with Crippen LogP contribution in [-0.2, 0) is 4.79 Å². The van der Waals surface area contributed by atoms with Crippen molar-refractivity contribution in [2.45, 2.75) is 38.5 Å². The zero-order chi connectivity index (χ0) is 10.2. The first kappa shape index (κ1) is 11.2. The quantitative estimate of drug-likeness (QED) is 0.606. The molecule has 0 aromatic carbocycles. The van der Waals surface area contributed by atoms with E-state index in [1.54, 1.807) is 6.08 Å². The van der Waals surface area contributed by atoms with E-state index in [9.17, 15) is 4.79 Å². The predicted octanol–water partition coefficient (Wildman–Crippen LogP) is 1.38. The molecule has 0 heterocycles. The molecule has 0 aromatic rings. The van der Waals surface area contributed by atoms with Crippen molar-refractivity contribution in [3.8, 4) is 0 Å². The van der Waals surface area contributed by atoms with Crippen LogP contribution in [-0.4, -0.2) is 24.0 Å². The first-order valence-electron chi connectivity index (χ1n) is 5.41. The Labute approximate surface area is 85.2 Å². The van der Waals surface area contributed by atoms with E-state index in [0.717, 1.165) is 44.3 Å². The fourth-order valence-corrected chi connectivity index (χ4v) is 1.58. The first-order chi connectivity index (χ1) is 6.83. The Kier molecular flexibility index (Phi) is 5.30. The van der Waals surface area contributed by atoms with Crippen molar-refractivity contribution in [3.63, 3.8) is 0 Å². The summed E-state index contributed by atoms with van der Waals surface area (Å²) in [6.45, 7) is 1.25. The van der Waals surface area contributed by atoms with E-state index in [1.807, 2.05) is 0 Å². The summed E-state index contributed by atoms with van der Waals surface area (Å²) >= 11 is 0. The predicted molar refractivity (Wildman–Crippen MR) is 55.9 cm³/mol. The molecule has 1 aliphatic carbocycles. The van der Waals surface area contributed by atoms with Gasteiger partial charge in [-0.15, -0.1) is 0 Å². The molecule has 0 saturated carbocycles. The molecule has 0 aliphatic heterocycles. The molecule has 80 valence electrons. The SMILES string of the molecule is O=C1C=C(NCCCCCCO)CC1. The van der Waals surface area contributed by atoms with Crippen molar-refractivity contribution in [2.75, 3.05) is 13.2 Å². The Morgan fingerprint density at radius 1 is 1.21 bits per heavy atom. The normalized spacial score (nSPS) is 15.8. The van der Waals surface area contributed by atoms with Gasteiger partial charge in [0.1, 0.15) is 0 Å². The second-order valence-corrected chi connectivity index (χ2v) is 3.70. The third-order valence-electron chi connectivity index (χ3n) is 2.41. The lowest BCUT2D eigenvalue weighted by atomic mass is 10.2. The zero-order valence-electron chi connectivity index (χ0n) is 8.59. The van der Waals surface area contributed by atoms with Gasteiger partial charge in [0, 0.05) is 31.3 Å². The summed E-state index contributed by atoms with van der Waals surface area (Å²) in [5.41, 5.74) is 1.09. The first-order valence-corrected chi connectivity index (χ1v) is 5.41. The van der Waals surface area contributed by atoms with Gasteiger partial charge < -0.3 is 10.4 Å². The highest BCUT2D eigenvalue weighted by Gasteiger charge is 2.10. The van der Waals surface area contributed by atoms with E-state index in [2.05, 4.69) is 5.32 Å². The second-order valence-electron chi connectivity index (χ2n) is 3.70. The smallest absolute Gasteiger partial charge is 0.157 e. The lowest BCUT2D eigenvalue weighted by Gasteiger charge is -2.05. The summed E-state index contributed by atoms with van der Waals surface area (Å²) < 4.78 is 0. The van der Waals surface area contributed by atoms with Crippen LogP contribution >= 0.6 is 0 Å². The van der Waals surface area contributed by atoms with Crippen LogP contribution in [0.1, 0.15) is 38.5 Å². The fraction of sp³-hybridized carbons (Fsp3) is 0.727. The van der Waals surface area contributed by atoms with Crippen LogP contribution in [0, 0.1) is 0 Å². The molecule has 0 unspecified atom stereocenters. The van der Waals surface area contributed by atoms with Crippen molar-refractivity contribution in [1.29, 1.82) is 0 Å². The fourth-order valence-electron chi connectivity index (χ4n) is 1.58. The van der Waals surface area contributed by atoms with Gasteiger partial charge in [0.25, 0.3) is 0 Å². The number of rotatable bonds is 7. The molecule has 0 atom stereocenters. The minimum atomic E-state index is 0.243. The maximum absolute atomic E-state index is 10.9. The maximum Gasteiger partial charge on any atom is 0.157 e. The highest BCUT2D eigenvalue weighted by molar-refractivity contribution is 5.92. The highest BCUT2D eigenvalue weighted by Crippen LogP contribution is 2.11. The van der Waals surface area contributed by atoms with Crippen LogP contribution in [0.2, 0.25) is 0 Å². The molecular weight excluding hydrogens is 178 g/mol. The molecule has 1 rings (SSSR count). The van der Waals surface area contributed by atoms with E-state index in [1.165, 1.54) is 0 Å². The van der Waals surface area contributed by atoms with Crippen LogP contribution in [0.5, 0.6) is 0 Å². The van der Waals surface area contributed by atoms with E-state index >= 15 is 0 Å². The number of ketones is 1. The number of aliphatic hydroxyl groups excluding tert-OH is 1. The third kappa shape index (κ3) is 4.42. The number of unbranched alkanes of at least 4 members (excludes halogenated alkanes) is 3. The Morgan fingerprint density at radius 3 is 2.64 bits per heavy atom. The van der Waals surface area contributed by atoms with Crippen molar-refractivity contribution in [3.05, 3.63) is 11.8 Å². The molecule has 14 heavy (non-hydrogen) atoms. The average Bonchev–Trinajstić information content (AvgIpc) is 2.58. The molecule has 0 fully saturated rings. The summed E-state index contributed by atoms with van der Waals surface area (Å²) in [6.07, 6.45) is 7.54. The topological polar surface area (TPSA) is 49.3 Å². The van der Waals surface area contributed by atoms with Crippen LogP contribution < -0.4 is 5.32 Å². The summed E-state index contributed by atoms with van der Waals surface area (Å²) in [4.78, 5) is 10.9. The van der Waals surface area contributed by atoms with Gasteiger partial charge in [0.15, 0.2) is 5.78 Å². The van der Waals surface area contributed by atoms with E-state index in [-0.39, 0.29) is 5.78 Å². The molecule has 0 bridgehead atoms. The van der Waals surface area contributed by atoms with Gasteiger partial charge in [-0.2, -0.15) is 0 Å². The third-order valence-corrected chi connectivity index (χ3v) is 2.41. The number of carbonyl (C=O) groups excluding carboxylic acids is 1. The summed E-state index contributed by atoms with van der Waals surface area (Å²) in [5, 5.41) is 11.8. The van der Waals surface area contributed by atoms with Crippen molar-refractivity contribution >= 4 is 5.78 Å². The van der Waals surface area contributed by atoms with Crippen LogP contribution in [0.15, 0.2) is 11.8 Å². The maximum atomic E-state index is 10.9. The lowest BCUT2D eigenvalue weighted by Crippen LogP contribution is -2.13. The number of hydrogen-bond donors (Lipinski definition) is 2. The van der Waals surface area contributed by atoms with Crippen molar-refractivity contribution in [1.82, 2.24) is 5.32 Å². The van der Waals surface area contributed by atoms with Gasteiger partial charge in [-0.25, -0.2) is 0 Å². The Hall–Kier alpha value is -0.830. The number of nitrogens with one attached hydrogen (secondary N) is 1. The minimum Gasteiger partial charge on any atom is -0.396 e. The zero-order valence-corrected chi connectivity index (χ0v) is 8.59. The molecule has 0 aromatic heterocycles. The monoisotopic (exact) mass is 197 g/mol. The molecule has 2 N–H and O–H groups in total. The molecule has 0 spiro atoms. The Balaban J connectivity index is 1.94. The molecular formula is C11H19NO2. The van der Waals surface area contributed by atoms with Crippen molar-refractivity contribution in [2.24, 2.45) is 0 Å². The summed E-state index contributed by atoms with van der Waals surface area (Å²) in [6, 6.07) is 0. The number of carbonyl (C=O) groups is 1. The Morgan fingerprint density at radius 2 is 2.00 bits per heavy atom. The molecule has 0 radical (unpaired) electrons. The molecule has 3 heteroatoms. The second kappa shape index (κ2) is 6.60. The number of hydrogen-bond acceptors (Lipinski definition) is 3. The van der Waals surface area contributed by atoms with E-state index in [4.69, 9.17) is 5.11 Å². The van der Waals surface area contributed by atoms with Crippen LogP contribution in [0.4, 0.5) is 0 Å². The summed E-state index contributed by atoms with van der Waals surface area (Å²) in [5.74, 6) is 0.243. The number of allylic oxidation sites excluding steroid dienone is 2. The molecule has 0 saturated heterocycles. The van der Waals surface area contributed by atoms with Gasteiger partial charge in [0.2, 0.25) is 0 Å². The minimum absolute atomic E-state index is 0.243.